The Morgan fingerprint density at radius 1 is 1.53 bits per heavy atom. The van der Waals surface area contributed by atoms with Gasteiger partial charge in [0.2, 0.25) is 5.91 Å². The fourth-order valence-electron chi connectivity index (χ4n) is 2.30. The maximum absolute atomic E-state index is 11.8. The third-order valence-corrected chi connectivity index (χ3v) is 3.38. The first kappa shape index (κ1) is 12.6. The van der Waals surface area contributed by atoms with Crippen molar-refractivity contribution >= 4 is 5.91 Å². The first-order valence-corrected chi connectivity index (χ1v) is 6.64. The van der Waals surface area contributed by atoms with Gasteiger partial charge in [-0.05, 0) is 38.6 Å². The normalized spacial score (nSPS) is 25.2. The minimum atomic E-state index is -0.203. The van der Waals surface area contributed by atoms with Crippen molar-refractivity contribution in [2.24, 2.45) is 0 Å². The number of rotatable bonds is 4. The molecule has 96 valence electrons. The Balaban J connectivity index is 1.63. The standard InChI is InChI=1S/C13H22N2O2/c16-13(12-3-1-2-10-17-12)15-9-6-11-4-7-14-8-5-11/h4,12,14H,1-3,5-10H2,(H,15,16). The van der Waals surface area contributed by atoms with Crippen LogP contribution in [0.15, 0.2) is 11.6 Å². The van der Waals surface area contributed by atoms with Crippen molar-refractivity contribution in [1.82, 2.24) is 10.6 Å². The summed E-state index contributed by atoms with van der Waals surface area (Å²) in [4.78, 5) is 11.8. The van der Waals surface area contributed by atoms with E-state index in [1.807, 2.05) is 0 Å². The monoisotopic (exact) mass is 238 g/mol. The summed E-state index contributed by atoms with van der Waals surface area (Å²) in [6.45, 7) is 3.50. The number of hydrogen-bond donors (Lipinski definition) is 2. The van der Waals surface area contributed by atoms with E-state index in [0.29, 0.717) is 0 Å². The van der Waals surface area contributed by atoms with Gasteiger partial charge in [-0.15, -0.1) is 0 Å². The molecular formula is C13H22N2O2. The summed E-state index contributed by atoms with van der Waals surface area (Å²) >= 11 is 0. The van der Waals surface area contributed by atoms with Gasteiger partial charge in [0.05, 0.1) is 0 Å². The lowest BCUT2D eigenvalue weighted by atomic mass is 10.1. The average Bonchev–Trinajstić information content (AvgIpc) is 2.41. The molecular weight excluding hydrogens is 216 g/mol. The van der Waals surface area contributed by atoms with E-state index in [2.05, 4.69) is 16.7 Å². The van der Waals surface area contributed by atoms with Crippen LogP contribution in [-0.4, -0.2) is 38.3 Å². The molecule has 2 N–H and O–H groups in total. The van der Waals surface area contributed by atoms with E-state index in [-0.39, 0.29) is 12.0 Å². The van der Waals surface area contributed by atoms with Crippen molar-refractivity contribution < 1.29 is 9.53 Å². The van der Waals surface area contributed by atoms with Gasteiger partial charge in [0.25, 0.3) is 0 Å². The van der Waals surface area contributed by atoms with E-state index in [1.165, 1.54) is 5.57 Å². The van der Waals surface area contributed by atoms with Crippen LogP contribution in [0.25, 0.3) is 0 Å². The molecule has 2 aliphatic rings. The van der Waals surface area contributed by atoms with Gasteiger partial charge in [-0.25, -0.2) is 0 Å². The minimum absolute atomic E-state index is 0.0687. The van der Waals surface area contributed by atoms with Gasteiger partial charge in [-0.3, -0.25) is 4.79 Å². The van der Waals surface area contributed by atoms with E-state index in [4.69, 9.17) is 4.74 Å². The van der Waals surface area contributed by atoms with Crippen molar-refractivity contribution in [2.45, 2.75) is 38.2 Å². The number of hydrogen-bond acceptors (Lipinski definition) is 3. The molecule has 0 radical (unpaired) electrons. The highest BCUT2D eigenvalue weighted by atomic mass is 16.5. The predicted octanol–water partition coefficient (Wildman–Crippen LogP) is 0.981. The maximum atomic E-state index is 11.8. The molecule has 0 aromatic rings. The quantitative estimate of drug-likeness (QED) is 0.718. The van der Waals surface area contributed by atoms with E-state index in [9.17, 15) is 4.79 Å². The number of carbonyl (C=O) groups excluding carboxylic acids is 1. The zero-order chi connectivity index (χ0) is 11.9. The lowest BCUT2D eigenvalue weighted by Gasteiger charge is -2.22. The van der Waals surface area contributed by atoms with E-state index in [0.717, 1.165) is 58.3 Å². The van der Waals surface area contributed by atoms with Crippen molar-refractivity contribution in [3.63, 3.8) is 0 Å². The lowest BCUT2D eigenvalue weighted by Crippen LogP contribution is -2.39. The van der Waals surface area contributed by atoms with Gasteiger partial charge in [0.1, 0.15) is 6.10 Å². The molecule has 0 saturated carbocycles. The first-order valence-electron chi connectivity index (χ1n) is 6.64. The van der Waals surface area contributed by atoms with Crippen LogP contribution in [0.2, 0.25) is 0 Å². The molecule has 2 rings (SSSR count). The average molecular weight is 238 g/mol. The molecule has 0 aromatic heterocycles. The van der Waals surface area contributed by atoms with Gasteiger partial charge < -0.3 is 15.4 Å². The summed E-state index contributed by atoms with van der Waals surface area (Å²) in [6.07, 6.45) is 7.17. The summed E-state index contributed by atoms with van der Waals surface area (Å²) in [6, 6.07) is 0. The third kappa shape index (κ3) is 4.13. The first-order chi connectivity index (χ1) is 8.36. The molecule has 17 heavy (non-hydrogen) atoms. The summed E-state index contributed by atoms with van der Waals surface area (Å²) in [7, 11) is 0. The SMILES string of the molecule is O=C(NCCC1=CCNCC1)C1CCCCO1. The van der Waals surface area contributed by atoms with Gasteiger partial charge in [-0.1, -0.05) is 11.6 Å². The predicted molar refractivity (Wildman–Crippen MR) is 66.8 cm³/mol. The molecule has 2 heterocycles. The van der Waals surface area contributed by atoms with Crippen LogP contribution < -0.4 is 10.6 Å². The molecule has 0 aromatic carbocycles. The molecule has 0 bridgehead atoms. The van der Waals surface area contributed by atoms with Gasteiger partial charge in [0.15, 0.2) is 0 Å². The minimum Gasteiger partial charge on any atom is -0.368 e. The maximum Gasteiger partial charge on any atom is 0.249 e. The number of nitrogens with one attached hydrogen (secondary N) is 2. The smallest absolute Gasteiger partial charge is 0.249 e. The van der Waals surface area contributed by atoms with Crippen molar-refractivity contribution in [2.75, 3.05) is 26.2 Å². The van der Waals surface area contributed by atoms with Crippen LogP contribution in [0.5, 0.6) is 0 Å². The summed E-state index contributed by atoms with van der Waals surface area (Å²) in [5.41, 5.74) is 1.45. The van der Waals surface area contributed by atoms with Crippen LogP contribution in [0, 0.1) is 0 Å². The molecule has 1 amide bonds. The van der Waals surface area contributed by atoms with E-state index >= 15 is 0 Å². The van der Waals surface area contributed by atoms with Gasteiger partial charge in [0, 0.05) is 19.7 Å². The lowest BCUT2D eigenvalue weighted by molar-refractivity contribution is -0.135. The largest absolute Gasteiger partial charge is 0.368 e. The Hall–Kier alpha value is -0.870. The van der Waals surface area contributed by atoms with Crippen molar-refractivity contribution in [1.29, 1.82) is 0 Å². The summed E-state index contributed by atoms with van der Waals surface area (Å²) in [5, 5.41) is 6.26. The number of carbonyl (C=O) groups is 1. The highest BCUT2D eigenvalue weighted by Gasteiger charge is 2.21. The van der Waals surface area contributed by atoms with E-state index in [1.54, 1.807) is 0 Å². The Kier molecular flexibility index (Phi) is 5.01. The third-order valence-electron chi connectivity index (χ3n) is 3.38. The molecule has 0 aliphatic carbocycles. The molecule has 0 spiro atoms. The zero-order valence-corrected chi connectivity index (χ0v) is 10.3. The topological polar surface area (TPSA) is 50.4 Å². The second kappa shape index (κ2) is 6.77. The van der Waals surface area contributed by atoms with Crippen molar-refractivity contribution in [3.8, 4) is 0 Å². The Bertz CT molecular complexity index is 283. The summed E-state index contributed by atoms with van der Waals surface area (Å²) < 4.78 is 5.45. The second-order valence-corrected chi connectivity index (χ2v) is 4.71. The highest BCUT2D eigenvalue weighted by molar-refractivity contribution is 5.80. The number of ether oxygens (including phenoxy) is 1. The fraction of sp³-hybridized carbons (Fsp3) is 0.769. The van der Waals surface area contributed by atoms with Crippen LogP contribution in [0.1, 0.15) is 32.1 Å². The van der Waals surface area contributed by atoms with Crippen molar-refractivity contribution in [3.05, 3.63) is 11.6 Å². The molecule has 1 atom stereocenters. The van der Waals surface area contributed by atoms with E-state index < -0.39 is 0 Å². The zero-order valence-electron chi connectivity index (χ0n) is 10.3. The van der Waals surface area contributed by atoms with Gasteiger partial charge >= 0.3 is 0 Å². The molecule has 1 unspecified atom stereocenters. The summed E-state index contributed by atoms with van der Waals surface area (Å²) in [5.74, 6) is 0.0687. The Labute approximate surface area is 103 Å². The highest BCUT2D eigenvalue weighted by Crippen LogP contribution is 2.13. The van der Waals surface area contributed by atoms with Crippen LogP contribution >= 0.6 is 0 Å². The van der Waals surface area contributed by atoms with Crippen LogP contribution in [0.3, 0.4) is 0 Å². The molecule has 1 saturated heterocycles. The number of amides is 1. The Morgan fingerprint density at radius 3 is 3.18 bits per heavy atom. The molecule has 2 aliphatic heterocycles. The van der Waals surface area contributed by atoms with Crippen LogP contribution in [0.4, 0.5) is 0 Å². The molecule has 4 nitrogen and oxygen atoms in total. The second-order valence-electron chi connectivity index (χ2n) is 4.71. The fourth-order valence-corrected chi connectivity index (χ4v) is 2.30. The van der Waals surface area contributed by atoms with Crippen LogP contribution in [-0.2, 0) is 9.53 Å². The molecule has 1 fully saturated rings. The molecule has 4 heteroatoms. The van der Waals surface area contributed by atoms with Gasteiger partial charge in [-0.2, -0.15) is 0 Å². The Morgan fingerprint density at radius 2 is 2.47 bits per heavy atom.